The molecule has 2 N–H and O–H groups in total. The SMILES string of the molecule is CCOC(=O)N[C@H](CC(=O)N/N=C\c1ccc(OCC(C)C)c(OC)c1)c1ccccc1. The number of methoxy groups -OCH3 is 1. The Morgan fingerprint density at radius 1 is 1.09 bits per heavy atom. The largest absolute Gasteiger partial charge is 0.493 e. The van der Waals surface area contributed by atoms with E-state index in [1.165, 1.54) is 6.21 Å². The Balaban J connectivity index is 1.99. The van der Waals surface area contributed by atoms with E-state index in [0.717, 1.165) is 11.1 Å². The van der Waals surface area contributed by atoms with Crippen molar-refractivity contribution >= 4 is 18.2 Å². The number of carbonyl (C=O) groups is 2. The van der Waals surface area contributed by atoms with Crippen LogP contribution in [0.25, 0.3) is 0 Å². The zero-order valence-corrected chi connectivity index (χ0v) is 19.0. The average Bonchev–Trinajstić information content (AvgIpc) is 2.78. The van der Waals surface area contributed by atoms with E-state index < -0.39 is 12.1 Å². The third-order valence-electron chi connectivity index (χ3n) is 4.32. The van der Waals surface area contributed by atoms with E-state index in [2.05, 4.69) is 29.7 Å². The lowest BCUT2D eigenvalue weighted by Crippen LogP contribution is -2.33. The Labute approximate surface area is 188 Å². The standard InChI is InChI=1S/C24H31N3O5/c1-5-31-24(29)26-20(19-9-7-6-8-10-19)14-23(28)27-25-15-18-11-12-21(22(13-18)30-4)32-16-17(2)3/h6-13,15,17,20H,5,14,16H2,1-4H3,(H,26,29)(H,27,28)/b25-15-/t20-/m1/s1. The third-order valence-corrected chi connectivity index (χ3v) is 4.32. The van der Waals surface area contributed by atoms with Gasteiger partial charge in [0.05, 0.1) is 39.0 Å². The Kier molecular flexibility index (Phi) is 10.0. The van der Waals surface area contributed by atoms with Crippen molar-refractivity contribution in [2.24, 2.45) is 11.0 Å². The molecule has 0 spiro atoms. The van der Waals surface area contributed by atoms with E-state index in [1.807, 2.05) is 36.4 Å². The van der Waals surface area contributed by atoms with Gasteiger partial charge in [0, 0.05) is 0 Å². The van der Waals surface area contributed by atoms with Crippen LogP contribution in [0.2, 0.25) is 0 Å². The molecular weight excluding hydrogens is 410 g/mol. The highest BCUT2D eigenvalue weighted by Gasteiger charge is 2.18. The number of rotatable bonds is 11. The summed E-state index contributed by atoms with van der Waals surface area (Å²) >= 11 is 0. The van der Waals surface area contributed by atoms with Gasteiger partial charge in [-0.3, -0.25) is 4.79 Å². The zero-order chi connectivity index (χ0) is 23.3. The Bertz CT molecular complexity index is 900. The van der Waals surface area contributed by atoms with Crippen LogP contribution in [0.4, 0.5) is 4.79 Å². The topological polar surface area (TPSA) is 98.2 Å². The summed E-state index contributed by atoms with van der Waals surface area (Å²) in [5.74, 6) is 1.28. The fourth-order valence-electron chi connectivity index (χ4n) is 2.80. The first kappa shape index (κ1) is 24.7. The number of nitrogens with zero attached hydrogens (tertiary/aromatic N) is 1. The molecule has 0 heterocycles. The van der Waals surface area contributed by atoms with Crippen molar-refractivity contribution in [1.29, 1.82) is 0 Å². The van der Waals surface area contributed by atoms with Crippen LogP contribution in [0.1, 0.15) is 44.4 Å². The zero-order valence-electron chi connectivity index (χ0n) is 19.0. The lowest BCUT2D eigenvalue weighted by atomic mass is 10.0. The predicted octanol–water partition coefficient (Wildman–Crippen LogP) is 4.06. The number of hydrogen-bond acceptors (Lipinski definition) is 6. The van der Waals surface area contributed by atoms with Gasteiger partial charge in [-0.05, 0) is 42.2 Å². The van der Waals surface area contributed by atoms with Crippen LogP contribution in [0.5, 0.6) is 11.5 Å². The van der Waals surface area contributed by atoms with Gasteiger partial charge < -0.3 is 19.5 Å². The van der Waals surface area contributed by atoms with Crippen LogP contribution in [-0.2, 0) is 9.53 Å². The maximum atomic E-state index is 12.4. The Morgan fingerprint density at radius 3 is 2.50 bits per heavy atom. The molecule has 32 heavy (non-hydrogen) atoms. The molecule has 1 atom stereocenters. The molecule has 0 aliphatic carbocycles. The van der Waals surface area contributed by atoms with Crippen LogP contribution in [0.15, 0.2) is 53.6 Å². The Morgan fingerprint density at radius 2 is 1.84 bits per heavy atom. The minimum absolute atomic E-state index is 0.00543. The fourth-order valence-corrected chi connectivity index (χ4v) is 2.80. The van der Waals surface area contributed by atoms with Crippen molar-refractivity contribution in [3.8, 4) is 11.5 Å². The van der Waals surface area contributed by atoms with Crippen molar-refractivity contribution < 1.29 is 23.8 Å². The van der Waals surface area contributed by atoms with Gasteiger partial charge in [0.1, 0.15) is 0 Å². The lowest BCUT2D eigenvalue weighted by Gasteiger charge is -2.18. The van der Waals surface area contributed by atoms with Gasteiger partial charge in [-0.1, -0.05) is 44.2 Å². The second-order valence-corrected chi connectivity index (χ2v) is 7.44. The highest BCUT2D eigenvalue weighted by atomic mass is 16.5. The molecule has 8 heteroatoms. The normalized spacial score (nSPS) is 11.8. The summed E-state index contributed by atoms with van der Waals surface area (Å²) in [6, 6.07) is 14.1. The molecule has 2 aromatic carbocycles. The summed E-state index contributed by atoms with van der Waals surface area (Å²) in [4.78, 5) is 24.3. The molecule has 0 radical (unpaired) electrons. The van der Waals surface area contributed by atoms with Gasteiger partial charge in [0.15, 0.2) is 11.5 Å². The summed E-state index contributed by atoms with van der Waals surface area (Å²) in [5, 5.41) is 6.73. The second-order valence-electron chi connectivity index (χ2n) is 7.44. The molecule has 8 nitrogen and oxygen atoms in total. The van der Waals surface area contributed by atoms with Gasteiger partial charge in [-0.25, -0.2) is 10.2 Å². The molecule has 2 aromatic rings. The van der Waals surface area contributed by atoms with Gasteiger partial charge in [-0.15, -0.1) is 0 Å². The summed E-state index contributed by atoms with van der Waals surface area (Å²) in [5.41, 5.74) is 4.03. The van der Waals surface area contributed by atoms with E-state index in [1.54, 1.807) is 26.2 Å². The molecule has 0 aliphatic rings. The number of carbonyl (C=O) groups excluding carboxylic acids is 2. The van der Waals surface area contributed by atoms with E-state index in [4.69, 9.17) is 14.2 Å². The molecule has 0 aliphatic heterocycles. The van der Waals surface area contributed by atoms with Gasteiger partial charge in [0.25, 0.3) is 0 Å². The monoisotopic (exact) mass is 441 g/mol. The predicted molar refractivity (Wildman–Crippen MR) is 123 cm³/mol. The summed E-state index contributed by atoms with van der Waals surface area (Å²) in [6.45, 7) is 6.69. The van der Waals surface area contributed by atoms with E-state index >= 15 is 0 Å². The first-order chi connectivity index (χ1) is 15.4. The molecule has 172 valence electrons. The first-order valence-corrected chi connectivity index (χ1v) is 10.5. The van der Waals surface area contributed by atoms with E-state index in [-0.39, 0.29) is 18.9 Å². The number of benzene rings is 2. The number of nitrogens with one attached hydrogen (secondary N) is 2. The molecule has 0 unspecified atom stereocenters. The van der Waals surface area contributed by atoms with E-state index in [0.29, 0.717) is 24.0 Å². The summed E-state index contributed by atoms with van der Waals surface area (Å²) < 4.78 is 16.1. The summed E-state index contributed by atoms with van der Waals surface area (Å²) in [6.07, 6.45) is 0.943. The van der Waals surface area contributed by atoms with Crippen molar-refractivity contribution in [3.05, 3.63) is 59.7 Å². The maximum absolute atomic E-state index is 12.4. The highest BCUT2D eigenvalue weighted by Crippen LogP contribution is 2.28. The van der Waals surface area contributed by atoms with Crippen LogP contribution in [0.3, 0.4) is 0 Å². The van der Waals surface area contributed by atoms with Crippen LogP contribution < -0.4 is 20.2 Å². The molecule has 0 aromatic heterocycles. The van der Waals surface area contributed by atoms with Crippen molar-refractivity contribution in [2.75, 3.05) is 20.3 Å². The minimum atomic E-state index is -0.579. The molecule has 2 amide bonds. The lowest BCUT2D eigenvalue weighted by molar-refractivity contribution is -0.121. The quantitative estimate of drug-likeness (QED) is 0.405. The Hall–Kier alpha value is -3.55. The smallest absolute Gasteiger partial charge is 0.407 e. The number of hydrogen-bond donors (Lipinski definition) is 2. The third kappa shape index (κ3) is 8.29. The molecule has 0 fully saturated rings. The maximum Gasteiger partial charge on any atom is 0.407 e. The highest BCUT2D eigenvalue weighted by molar-refractivity contribution is 5.83. The number of amides is 2. The molecule has 0 bridgehead atoms. The number of alkyl carbamates (subject to hydrolysis) is 1. The van der Waals surface area contributed by atoms with Crippen molar-refractivity contribution in [1.82, 2.24) is 10.7 Å². The van der Waals surface area contributed by atoms with Crippen molar-refractivity contribution in [3.63, 3.8) is 0 Å². The van der Waals surface area contributed by atoms with E-state index in [9.17, 15) is 9.59 Å². The molecular formula is C24H31N3O5. The second kappa shape index (κ2) is 13.0. The number of hydrazone groups is 1. The molecule has 0 saturated carbocycles. The van der Waals surface area contributed by atoms with Gasteiger partial charge in [-0.2, -0.15) is 5.10 Å². The van der Waals surface area contributed by atoms with Crippen LogP contribution >= 0.6 is 0 Å². The minimum Gasteiger partial charge on any atom is -0.493 e. The number of ether oxygens (including phenoxy) is 3. The summed E-state index contributed by atoms with van der Waals surface area (Å²) in [7, 11) is 1.57. The molecule has 0 saturated heterocycles. The fraction of sp³-hybridized carbons (Fsp3) is 0.375. The van der Waals surface area contributed by atoms with Crippen LogP contribution in [-0.4, -0.2) is 38.5 Å². The average molecular weight is 442 g/mol. The molecule has 2 rings (SSSR count). The first-order valence-electron chi connectivity index (χ1n) is 10.5. The van der Waals surface area contributed by atoms with Gasteiger partial charge >= 0.3 is 6.09 Å². The van der Waals surface area contributed by atoms with Crippen molar-refractivity contribution in [2.45, 2.75) is 33.2 Å². The van der Waals surface area contributed by atoms with Gasteiger partial charge in [0.2, 0.25) is 5.91 Å². The van der Waals surface area contributed by atoms with Crippen LogP contribution in [0, 0.1) is 5.92 Å².